The summed E-state index contributed by atoms with van der Waals surface area (Å²) < 4.78 is 37.5. The van der Waals surface area contributed by atoms with Gasteiger partial charge in [-0.05, 0) is 79.6 Å². The number of para-hydroxylation sites is 1. The minimum atomic E-state index is -3.76. The minimum Gasteiger partial charge on any atom is -0.494 e. The zero-order valence-corrected chi connectivity index (χ0v) is 21.4. The normalized spacial score (nSPS) is 12.2. The number of anilines is 1. The van der Waals surface area contributed by atoms with Crippen LogP contribution >= 0.6 is 0 Å². The number of sulfonamides is 1. The summed E-state index contributed by atoms with van der Waals surface area (Å²) in [6.07, 6.45) is 4.59. The molecule has 1 N–H and O–H groups in total. The maximum Gasteiger partial charge on any atom is 0.263 e. The molecule has 0 aliphatic carbocycles. The van der Waals surface area contributed by atoms with E-state index >= 15 is 0 Å². The Hall–Kier alpha value is -3.85. The quantitative estimate of drug-likeness (QED) is 0.211. The van der Waals surface area contributed by atoms with Gasteiger partial charge in [0.05, 0.1) is 24.8 Å². The number of rotatable bonds is 12. The van der Waals surface area contributed by atoms with Crippen molar-refractivity contribution in [1.29, 1.82) is 0 Å². The van der Waals surface area contributed by atoms with Gasteiger partial charge in [-0.15, -0.1) is 0 Å². The summed E-state index contributed by atoms with van der Waals surface area (Å²) in [6.45, 7) is 4.27. The number of hydrogen-bond donors (Lipinski definition) is 1. The van der Waals surface area contributed by atoms with Crippen LogP contribution in [0.1, 0.15) is 32.3 Å². The Morgan fingerprint density at radius 1 is 0.972 bits per heavy atom. The number of carbonyl (C=O) groups excluding carboxylic acids is 1. The van der Waals surface area contributed by atoms with Crippen molar-refractivity contribution in [3.63, 3.8) is 0 Å². The second-order valence-electron chi connectivity index (χ2n) is 8.15. The zero-order chi connectivity index (χ0) is 26.0. The lowest BCUT2D eigenvalue weighted by molar-refractivity contribution is -0.121. The van der Waals surface area contributed by atoms with Crippen LogP contribution in [0.15, 0.2) is 84.0 Å². The molecule has 0 unspecified atom stereocenters. The lowest BCUT2D eigenvalue weighted by Gasteiger charge is -2.27. The smallest absolute Gasteiger partial charge is 0.263 e. The molecule has 3 aromatic rings. The number of hydrazone groups is 1. The maximum absolute atomic E-state index is 12.7. The summed E-state index contributed by atoms with van der Waals surface area (Å²) in [6, 6.07) is 22.0. The predicted molar refractivity (Wildman–Crippen MR) is 142 cm³/mol. The van der Waals surface area contributed by atoms with Gasteiger partial charge in [0.2, 0.25) is 10.0 Å². The molecule has 0 radical (unpaired) electrons. The molecule has 3 rings (SSSR count). The fourth-order valence-electron chi connectivity index (χ4n) is 3.34. The Morgan fingerprint density at radius 3 is 2.19 bits per heavy atom. The molecule has 1 amide bonds. The second-order valence-corrected chi connectivity index (χ2v) is 10.0. The van der Waals surface area contributed by atoms with Crippen LogP contribution in [0.4, 0.5) is 5.69 Å². The number of nitrogens with zero attached hydrogens (tertiary/aromatic N) is 2. The Balaban J connectivity index is 1.64. The van der Waals surface area contributed by atoms with Crippen molar-refractivity contribution in [2.24, 2.45) is 5.10 Å². The van der Waals surface area contributed by atoms with Crippen LogP contribution in [0.2, 0.25) is 0 Å². The molecule has 0 aliphatic rings. The van der Waals surface area contributed by atoms with Crippen LogP contribution in [0.3, 0.4) is 0 Å². The third-order valence-corrected chi connectivity index (χ3v) is 6.44. The fraction of sp³-hybridized carbons (Fsp3) is 0.259. The van der Waals surface area contributed by atoms with Gasteiger partial charge < -0.3 is 9.47 Å². The van der Waals surface area contributed by atoms with Gasteiger partial charge in [0, 0.05) is 0 Å². The lowest BCUT2D eigenvalue weighted by Crippen LogP contribution is -2.46. The van der Waals surface area contributed by atoms with E-state index in [1.165, 1.54) is 13.1 Å². The topological polar surface area (TPSA) is 97.3 Å². The molecule has 0 fully saturated rings. The van der Waals surface area contributed by atoms with E-state index < -0.39 is 22.0 Å². The third kappa shape index (κ3) is 7.84. The minimum absolute atomic E-state index is 0.336. The maximum atomic E-state index is 12.7. The number of unbranched alkanes of at least 4 members (excludes halogenated alkanes) is 1. The number of ether oxygens (including phenoxy) is 2. The highest BCUT2D eigenvalue weighted by Crippen LogP contribution is 2.27. The SMILES string of the molecule is CCCCOc1ccc(/C=N\NC(=O)[C@@H](C)N(c2ccc(Oc3ccccc3)cc2)S(C)(=O)=O)cc1. The van der Waals surface area contributed by atoms with Crippen molar-refractivity contribution < 1.29 is 22.7 Å². The molecule has 8 nitrogen and oxygen atoms in total. The Labute approximate surface area is 212 Å². The van der Waals surface area contributed by atoms with Crippen LogP contribution in [0.5, 0.6) is 17.2 Å². The lowest BCUT2D eigenvalue weighted by atomic mass is 10.2. The van der Waals surface area contributed by atoms with Crippen molar-refractivity contribution in [3.8, 4) is 17.2 Å². The fourth-order valence-corrected chi connectivity index (χ4v) is 4.52. The standard InChI is InChI=1S/C27H31N3O5S/c1-4-5-19-34-24-15-11-22(12-16-24)20-28-29-27(31)21(2)30(36(3,32)33)23-13-17-26(18-14-23)35-25-9-7-6-8-10-25/h6-18,20-21H,4-5,19H2,1-3H3,(H,29,31)/b28-20-/t21-/m1/s1. The molecule has 0 bridgehead atoms. The number of amides is 1. The van der Waals surface area contributed by atoms with Gasteiger partial charge in [0.25, 0.3) is 5.91 Å². The van der Waals surface area contributed by atoms with E-state index in [9.17, 15) is 13.2 Å². The molecule has 0 saturated carbocycles. The van der Waals surface area contributed by atoms with Gasteiger partial charge in [-0.3, -0.25) is 9.10 Å². The molecule has 190 valence electrons. The van der Waals surface area contributed by atoms with Crippen molar-refractivity contribution in [2.45, 2.75) is 32.7 Å². The molecular formula is C27H31N3O5S. The summed E-state index contributed by atoms with van der Waals surface area (Å²) in [4.78, 5) is 12.7. The largest absolute Gasteiger partial charge is 0.494 e. The summed E-state index contributed by atoms with van der Waals surface area (Å²) in [5.41, 5.74) is 3.52. The molecule has 1 atom stereocenters. The number of nitrogens with one attached hydrogen (secondary N) is 1. The van der Waals surface area contributed by atoms with Gasteiger partial charge in [0.1, 0.15) is 23.3 Å². The highest BCUT2D eigenvalue weighted by atomic mass is 32.2. The Kier molecular flexibility index (Phi) is 9.46. The average molecular weight is 510 g/mol. The van der Waals surface area contributed by atoms with Gasteiger partial charge in [-0.1, -0.05) is 31.5 Å². The van der Waals surface area contributed by atoms with Gasteiger partial charge in [-0.25, -0.2) is 13.8 Å². The van der Waals surface area contributed by atoms with Crippen LogP contribution in [-0.4, -0.2) is 39.4 Å². The average Bonchev–Trinajstić information content (AvgIpc) is 2.86. The van der Waals surface area contributed by atoms with E-state index in [2.05, 4.69) is 17.5 Å². The highest BCUT2D eigenvalue weighted by Gasteiger charge is 2.29. The van der Waals surface area contributed by atoms with Crippen LogP contribution in [0.25, 0.3) is 0 Å². The first-order chi connectivity index (χ1) is 17.3. The number of benzene rings is 3. The molecule has 0 aromatic heterocycles. The van der Waals surface area contributed by atoms with E-state index in [4.69, 9.17) is 9.47 Å². The van der Waals surface area contributed by atoms with E-state index in [-0.39, 0.29) is 0 Å². The Bertz CT molecular complexity index is 1240. The van der Waals surface area contributed by atoms with Crippen molar-refractivity contribution in [3.05, 3.63) is 84.4 Å². The van der Waals surface area contributed by atoms with Crippen molar-refractivity contribution in [2.75, 3.05) is 17.2 Å². The summed E-state index contributed by atoms with van der Waals surface area (Å²) in [5, 5.41) is 3.98. The first-order valence-electron chi connectivity index (χ1n) is 11.7. The van der Waals surface area contributed by atoms with Gasteiger partial charge >= 0.3 is 0 Å². The monoisotopic (exact) mass is 509 g/mol. The van der Waals surface area contributed by atoms with E-state index in [1.807, 2.05) is 54.6 Å². The van der Waals surface area contributed by atoms with Crippen molar-refractivity contribution in [1.82, 2.24) is 5.43 Å². The molecule has 0 heterocycles. The molecule has 3 aromatic carbocycles. The van der Waals surface area contributed by atoms with Crippen LogP contribution in [0, 0.1) is 0 Å². The number of hydrogen-bond acceptors (Lipinski definition) is 6. The first-order valence-corrected chi connectivity index (χ1v) is 13.5. The molecule has 0 saturated heterocycles. The molecule has 36 heavy (non-hydrogen) atoms. The van der Waals surface area contributed by atoms with E-state index in [0.717, 1.165) is 34.7 Å². The molecule has 0 aliphatic heterocycles. The zero-order valence-electron chi connectivity index (χ0n) is 20.6. The molecular weight excluding hydrogens is 478 g/mol. The summed E-state index contributed by atoms with van der Waals surface area (Å²) in [7, 11) is -3.76. The molecule has 9 heteroatoms. The van der Waals surface area contributed by atoms with E-state index in [0.29, 0.717) is 23.8 Å². The Morgan fingerprint density at radius 2 is 1.58 bits per heavy atom. The van der Waals surface area contributed by atoms with Crippen molar-refractivity contribution >= 4 is 27.8 Å². The predicted octanol–water partition coefficient (Wildman–Crippen LogP) is 4.96. The van der Waals surface area contributed by atoms with Gasteiger partial charge in [0.15, 0.2) is 0 Å². The summed E-state index contributed by atoms with van der Waals surface area (Å²) >= 11 is 0. The first kappa shape index (κ1) is 26.7. The van der Waals surface area contributed by atoms with Crippen LogP contribution in [-0.2, 0) is 14.8 Å². The second kappa shape index (κ2) is 12.7. The van der Waals surface area contributed by atoms with Gasteiger partial charge in [-0.2, -0.15) is 5.10 Å². The van der Waals surface area contributed by atoms with Crippen LogP contribution < -0.4 is 19.2 Å². The third-order valence-electron chi connectivity index (χ3n) is 5.19. The highest BCUT2D eigenvalue weighted by molar-refractivity contribution is 7.92. The summed E-state index contributed by atoms with van der Waals surface area (Å²) in [5.74, 6) is 1.40. The molecule has 0 spiro atoms. The van der Waals surface area contributed by atoms with E-state index in [1.54, 1.807) is 24.3 Å². The number of carbonyl (C=O) groups is 1.